The normalized spacial score (nSPS) is 15.1. The van der Waals surface area contributed by atoms with Gasteiger partial charge >= 0.3 is 5.97 Å². The Bertz CT molecular complexity index is 938. The van der Waals surface area contributed by atoms with Crippen LogP contribution in [-0.2, 0) is 22.4 Å². The van der Waals surface area contributed by atoms with Crippen molar-refractivity contribution in [1.82, 2.24) is 9.88 Å². The van der Waals surface area contributed by atoms with E-state index in [0.717, 1.165) is 63.1 Å². The number of carbonyl (C=O) groups excluding carboxylic acids is 1. The molecule has 0 saturated heterocycles. The minimum atomic E-state index is -0.121. The average Bonchev–Trinajstić information content (AvgIpc) is 2.83. The monoisotopic (exact) mass is 435 g/mol. The van der Waals surface area contributed by atoms with E-state index in [4.69, 9.17) is 9.47 Å². The second kappa shape index (κ2) is 12.2. The number of rotatable bonds is 11. The Balaban J connectivity index is 1.73. The van der Waals surface area contributed by atoms with Gasteiger partial charge in [-0.3, -0.25) is 9.69 Å². The molecular weight excluding hydrogens is 402 g/mol. The minimum absolute atomic E-state index is 0.121. The minimum Gasteiger partial charge on any atom is -0.496 e. The molecule has 0 N–H and O–H groups in total. The van der Waals surface area contributed by atoms with Gasteiger partial charge in [0, 0.05) is 24.7 Å². The smallest absolute Gasteiger partial charge is 0.305 e. The van der Waals surface area contributed by atoms with Gasteiger partial charge in [-0.15, -0.1) is 0 Å². The van der Waals surface area contributed by atoms with Crippen LogP contribution in [0.1, 0.15) is 67.6 Å². The maximum absolute atomic E-state index is 11.7. The van der Waals surface area contributed by atoms with Crippen molar-refractivity contribution in [2.75, 3.05) is 26.8 Å². The van der Waals surface area contributed by atoms with Crippen LogP contribution in [0.5, 0.6) is 5.75 Å². The molecular formula is C26H33N3O3. The first-order valence-corrected chi connectivity index (χ1v) is 11.6. The first kappa shape index (κ1) is 23.7. The van der Waals surface area contributed by atoms with Crippen molar-refractivity contribution in [2.24, 2.45) is 0 Å². The Labute approximate surface area is 191 Å². The molecule has 0 amide bonds. The number of hydrogen-bond donors (Lipinski definition) is 0. The summed E-state index contributed by atoms with van der Waals surface area (Å²) in [6.45, 7) is 4.06. The number of carbonyl (C=O) groups is 1. The molecule has 0 bridgehead atoms. The number of ether oxygens (including phenoxy) is 2. The number of fused-ring (bicyclic) bond motifs is 1. The molecule has 1 unspecified atom stereocenters. The number of hydrogen-bond acceptors (Lipinski definition) is 6. The zero-order chi connectivity index (χ0) is 22.8. The molecule has 32 heavy (non-hydrogen) atoms. The Hall–Kier alpha value is -2.91. The first-order chi connectivity index (χ1) is 15.7. The molecule has 6 nitrogen and oxygen atoms in total. The summed E-state index contributed by atoms with van der Waals surface area (Å²) < 4.78 is 10.6. The molecule has 1 aliphatic rings. The fourth-order valence-electron chi connectivity index (χ4n) is 4.49. The van der Waals surface area contributed by atoms with Gasteiger partial charge < -0.3 is 9.47 Å². The number of aryl methyl sites for hydroxylation is 1. The van der Waals surface area contributed by atoms with E-state index in [0.29, 0.717) is 18.7 Å². The summed E-state index contributed by atoms with van der Waals surface area (Å²) in [7, 11) is 1.71. The molecule has 2 aromatic rings. The fraction of sp³-hybridized carbons (Fsp3) is 0.500. The van der Waals surface area contributed by atoms with E-state index < -0.39 is 0 Å². The lowest BCUT2D eigenvalue weighted by molar-refractivity contribution is -0.143. The maximum atomic E-state index is 11.7. The van der Waals surface area contributed by atoms with Crippen LogP contribution in [-0.4, -0.2) is 42.7 Å². The standard InChI is InChI=1S/C26H33N3O3/c1-3-32-26(30)13-6-7-17-29(18-16-20-9-4-5-12-25(20)31-2)24-11-8-10-23-22(24)15-14-21(19-27)28-23/h4-5,9,12,14-15,24H,3,6-8,10-11,13,16-18H2,1-2H3. The molecule has 0 spiro atoms. The van der Waals surface area contributed by atoms with E-state index in [1.807, 2.05) is 31.2 Å². The third-order valence-electron chi connectivity index (χ3n) is 6.06. The second-order valence-electron chi connectivity index (χ2n) is 8.11. The van der Waals surface area contributed by atoms with Gasteiger partial charge in [0.1, 0.15) is 17.5 Å². The first-order valence-electron chi connectivity index (χ1n) is 11.6. The number of methoxy groups -OCH3 is 1. The predicted octanol–water partition coefficient (Wildman–Crippen LogP) is 4.62. The van der Waals surface area contributed by atoms with Crippen LogP contribution in [0.4, 0.5) is 0 Å². The molecule has 1 aromatic heterocycles. The summed E-state index contributed by atoms with van der Waals surface area (Å²) in [6, 6.07) is 14.5. The van der Waals surface area contributed by atoms with Gasteiger partial charge in [-0.25, -0.2) is 4.98 Å². The highest BCUT2D eigenvalue weighted by Gasteiger charge is 2.27. The lowest BCUT2D eigenvalue weighted by Gasteiger charge is -2.36. The van der Waals surface area contributed by atoms with Crippen molar-refractivity contribution in [2.45, 2.75) is 57.9 Å². The largest absolute Gasteiger partial charge is 0.496 e. The second-order valence-corrected chi connectivity index (χ2v) is 8.11. The van der Waals surface area contributed by atoms with Crippen LogP contribution in [0.15, 0.2) is 36.4 Å². The van der Waals surface area contributed by atoms with Gasteiger partial charge in [-0.2, -0.15) is 5.26 Å². The third kappa shape index (κ3) is 6.30. The van der Waals surface area contributed by atoms with Crippen LogP contribution in [0.3, 0.4) is 0 Å². The molecule has 0 fully saturated rings. The van der Waals surface area contributed by atoms with Gasteiger partial charge in [-0.05, 0) is 75.3 Å². The number of aromatic nitrogens is 1. The predicted molar refractivity (Wildman–Crippen MR) is 123 cm³/mol. The van der Waals surface area contributed by atoms with Gasteiger partial charge in [-0.1, -0.05) is 24.3 Å². The summed E-state index contributed by atoms with van der Waals surface area (Å²) in [5.41, 5.74) is 3.97. The van der Waals surface area contributed by atoms with Gasteiger partial charge in [0.2, 0.25) is 0 Å². The lowest BCUT2D eigenvalue weighted by Crippen LogP contribution is -2.34. The summed E-state index contributed by atoms with van der Waals surface area (Å²) in [5, 5.41) is 9.23. The number of pyridine rings is 1. The van der Waals surface area contributed by atoms with Crippen molar-refractivity contribution >= 4 is 5.97 Å². The van der Waals surface area contributed by atoms with Crippen LogP contribution >= 0.6 is 0 Å². The Morgan fingerprint density at radius 1 is 1.22 bits per heavy atom. The van der Waals surface area contributed by atoms with E-state index in [1.54, 1.807) is 7.11 Å². The van der Waals surface area contributed by atoms with Crippen molar-refractivity contribution in [3.8, 4) is 11.8 Å². The highest BCUT2D eigenvalue weighted by Crippen LogP contribution is 2.34. The van der Waals surface area contributed by atoms with Crippen LogP contribution in [0, 0.1) is 11.3 Å². The molecule has 0 radical (unpaired) electrons. The fourth-order valence-corrected chi connectivity index (χ4v) is 4.49. The Morgan fingerprint density at radius 3 is 2.84 bits per heavy atom. The summed E-state index contributed by atoms with van der Waals surface area (Å²) in [4.78, 5) is 18.8. The highest BCUT2D eigenvalue weighted by molar-refractivity contribution is 5.69. The van der Waals surface area contributed by atoms with E-state index in [9.17, 15) is 10.1 Å². The number of para-hydroxylation sites is 1. The Morgan fingerprint density at radius 2 is 2.06 bits per heavy atom. The van der Waals surface area contributed by atoms with Crippen molar-refractivity contribution in [1.29, 1.82) is 5.26 Å². The molecule has 1 aromatic carbocycles. The molecule has 0 aliphatic heterocycles. The van der Waals surface area contributed by atoms with Crippen LogP contribution in [0.2, 0.25) is 0 Å². The maximum Gasteiger partial charge on any atom is 0.305 e. The molecule has 170 valence electrons. The molecule has 3 rings (SSSR count). The molecule has 1 heterocycles. The van der Waals surface area contributed by atoms with E-state index in [1.165, 1.54) is 11.1 Å². The zero-order valence-corrected chi connectivity index (χ0v) is 19.2. The average molecular weight is 436 g/mol. The van der Waals surface area contributed by atoms with E-state index in [-0.39, 0.29) is 12.0 Å². The summed E-state index contributed by atoms with van der Waals surface area (Å²) in [6.07, 6.45) is 6.15. The summed E-state index contributed by atoms with van der Waals surface area (Å²) >= 11 is 0. The number of benzene rings is 1. The van der Waals surface area contributed by atoms with Gasteiger partial charge in [0.05, 0.1) is 13.7 Å². The Kier molecular flexibility index (Phi) is 9.06. The number of nitrogens with zero attached hydrogens (tertiary/aromatic N) is 3. The van der Waals surface area contributed by atoms with E-state index >= 15 is 0 Å². The molecule has 1 aliphatic carbocycles. The molecule has 6 heteroatoms. The number of esters is 1. The van der Waals surface area contributed by atoms with Gasteiger partial charge in [0.15, 0.2) is 0 Å². The summed E-state index contributed by atoms with van der Waals surface area (Å²) in [5.74, 6) is 0.795. The van der Waals surface area contributed by atoms with Crippen molar-refractivity contribution in [3.63, 3.8) is 0 Å². The van der Waals surface area contributed by atoms with E-state index in [2.05, 4.69) is 28.1 Å². The quantitative estimate of drug-likeness (QED) is 0.379. The van der Waals surface area contributed by atoms with Crippen molar-refractivity contribution in [3.05, 3.63) is 58.9 Å². The van der Waals surface area contributed by atoms with Crippen molar-refractivity contribution < 1.29 is 14.3 Å². The third-order valence-corrected chi connectivity index (χ3v) is 6.06. The SMILES string of the molecule is CCOC(=O)CCCCN(CCc1ccccc1OC)C1CCCc2nc(C#N)ccc21. The van der Waals surface area contributed by atoms with Gasteiger partial charge in [0.25, 0.3) is 0 Å². The van der Waals surface area contributed by atoms with Crippen LogP contribution in [0.25, 0.3) is 0 Å². The number of unbranched alkanes of at least 4 members (excludes halogenated alkanes) is 1. The lowest BCUT2D eigenvalue weighted by atomic mass is 9.89. The number of nitriles is 1. The highest BCUT2D eigenvalue weighted by atomic mass is 16.5. The topological polar surface area (TPSA) is 75.4 Å². The molecule has 0 saturated carbocycles. The molecule has 1 atom stereocenters. The zero-order valence-electron chi connectivity index (χ0n) is 19.2. The van der Waals surface area contributed by atoms with Crippen LogP contribution < -0.4 is 4.74 Å².